The van der Waals surface area contributed by atoms with Crippen LogP contribution in [0.2, 0.25) is 0 Å². The van der Waals surface area contributed by atoms with Gasteiger partial charge in [-0.2, -0.15) is 0 Å². The molecule has 1 atom stereocenters. The van der Waals surface area contributed by atoms with Crippen molar-refractivity contribution in [3.8, 4) is 0 Å². The summed E-state index contributed by atoms with van der Waals surface area (Å²) in [6.07, 6.45) is 3.42. The van der Waals surface area contributed by atoms with Crippen molar-refractivity contribution in [3.05, 3.63) is 12.2 Å². The SMILES string of the molecule is C=C(C(=O)OC)C1(CC2CO2)CC1. The molecule has 1 heterocycles. The largest absolute Gasteiger partial charge is 0.466 e. The summed E-state index contributed by atoms with van der Waals surface area (Å²) in [6.45, 7) is 4.65. The van der Waals surface area contributed by atoms with Crippen LogP contribution in [-0.4, -0.2) is 25.8 Å². The Morgan fingerprint density at radius 3 is 2.69 bits per heavy atom. The first-order valence-electron chi connectivity index (χ1n) is 4.57. The minimum Gasteiger partial charge on any atom is -0.466 e. The van der Waals surface area contributed by atoms with Gasteiger partial charge in [-0.1, -0.05) is 6.58 Å². The summed E-state index contributed by atoms with van der Waals surface area (Å²) in [5, 5.41) is 0. The van der Waals surface area contributed by atoms with Crippen LogP contribution >= 0.6 is 0 Å². The van der Waals surface area contributed by atoms with Crippen molar-refractivity contribution >= 4 is 5.97 Å². The second kappa shape index (κ2) is 2.84. The van der Waals surface area contributed by atoms with Crippen LogP contribution in [0.1, 0.15) is 19.3 Å². The second-order valence-corrected chi connectivity index (χ2v) is 3.91. The summed E-state index contributed by atoms with van der Waals surface area (Å²) in [6, 6.07) is 0. The standard InChI is InChI=1S/C10H14O3/c1-7(9(11)12-2)10(3-4-10)5-8-6-13-8/h8H,1,3-6H2,2H3. The zero-order chi connectivity index (χ0) is 9.47. The monoisotopic (exact) mass is 182 g/mol. The van der Waals surface area contributed by atoms with Crippen molar-refractivity contribution in [2.45, 2.75) is 25.4 Å². The Bertz CT molecular complexity index is 249. The van der Waals surface area contributed by atoms with E-state index in [0.717, 1.165) is 25.9 Å². The topological polar surface area (TPSA) is 38.8 Å². The predicted molar refractivity (Wildman–Crippen MR) is 47.2 cm³/mol. The summed E-state index contributed by atoms with van der Waals surface area (Å²) in [5.74, 6) is -0.266. The molecule has 1 saturated carbocycles. The van der Waals surface area contributed by atoms with Gasteiger partial charge in [-0.15, -0.1) is 0 Å². The number of methoxy groups -OCH3 is 1. The van der Waals surface area contributed by atoms with E-state index in [1.165, 1.54) is 7.11 Å². The average molecular weight is 182 g/mol. The first kappa shape index (κ1) is 8.75. The highest BCUT2D eigenvalue weighted by Gasteiger charge is 2.51. The third-order valence-corrected chi connectivity index (χ3v) is 2.95. The number of carbonyl (C=O) groups excluding carboxylic acids is 1. The van der Waals surface area contributed by atoms with Gasteiger partial charge in [-0.05, 0) is 19.3 Å². The Kier molecular flexibility index (Phi) is 1.91. The van der Waals surface area contributed by atoms with Crippen LogP contribution in [0.5, 0.6) is 0 Å². The maximum atomic E-state index is 11.2. The highest BCUT2D eigenvalue weighted by atomic mass is 16.6. The fraction of sp³-hybridized carbons (Fsp3) is 0.700. The molecule has 0 aromatic carbocycles. The van der Waals surface area contributed by atoms with E-state index in [4.69, 9.17) is 4.74 Å². The number of hydrogen-bond acceptors (Lipinski definition) is 3. The molecule has 1 saturated heterocycles. The molecule has 0 spiro atoms. The Morgan fingerprint density at radius 2 is 2.31 bits per heavy atom. The lowest BCUT2D eigenvalue weighted by atomic mass is 9.92. The molecule has 13 heavy (non-hydrogen) atoms. The van der Waals surface area contributed by atoms with Gasteiger partial charge < -0.3 is 9.47 Å². The zero-order valence-corrected chi connectivity index (χ0v) is 7.84. The summed E-state index contributed by atoms with van der Waals surface area (Å²) >= 11 is 0. The molecule has 0 aromatic heterocycles. The number of rotatable bonds is 4. The molecule has 2 aliphatic rings. The number of hydrogen-bond donors (Lipinski definition) is 0. The first-order valence-corrected chi connectivity index (χ1v) is 4.57. The van der Waals surface area contributed by atoms with Gasteiger partial charge in [0.1, 0.15) is 0 Å². The molecule has 0 aromatic rings. The molecular formula is C10H14O3. The summed E-state index contributed by atoms with van der Waals surface area (Å²) in [7, 11) is 1.40. The Morgan fingerprint density at radius 1 is 1.69 bits per heavy atom. The molecule has 2 rings (SSSR count). The van der Waals surface area contributed by atoms with Gasteiger partial charge in [0.05, 0.1) is 19.8 Å². The van der Waals surface area contributed by atoms with E-state index >= 15 is 0 Å². The van der Waals surface area contributed by atoms with Crippen molar-refractivity contribution in [1.82, 2.24) is 0 Å². The molecule has 0 N–H and O–H groups in total. The molecule has 3 nitrogen and oxygen atoms in total. The summed E-state index contributed by atoms with van der Waals surface area (Å²) in [5.41, 5.74) is 0.652. The maximum absolute atomic E-state index is 11.2. The molecule has 0 amide bonds. The minimum atomic E-state index is -0.266. The molecular weight excluding hydrogens is 168 g/mol. The fourth-order valence-corrected chi connectivity index (χ4v) is 1.74. The molecule has 1 aliphatic carbocycles. The van der Waals surface area contributed by atoms with Gasteiger partial charge in [-0.3, -0.25) is 0 Å². The smallest absolute Gasteiger partial charge is 0.333 e. The fourth-order valence-electron chi connectivity index (χ4n) is 1.74. The predicted octanol–water partition coefficient (Wildman–Crippen LogP) is 1.28. The van der Waals surface area contributed by atoms with E-state index in [9.17, 15) is 4.79 Å². The van der Waals surface area contributed by atoms with Crippen molar-refractivity contribution in [3.63, 3.8) is 0 Å². The van der Waals surface area contributed by atoms with E-state index in [1.54, 1.807) is 0 Å². The van der Waals surface area contributed by atoms with Crippen molar-refractivity contribution < 1.29 is 14.3 Å². The van der Waals surface area contributed by atoms with Gasteiger partial charge in [0.15, 0.2) is 0 Å². The highest BCUT2D eigenvalue weighted by molar-refractivity contribution is 5.89. The molecule has 1 unspecified atom stereocenters. The normalized spacial score (nSPS) is 27.9. The quantitative estimate of drug-likeness (QED) is 0.373. The lowest BCUT2D eigenvalue weighted by Crippen LogP contribution is -2.16. The highest BCUT2D eigenvalue weighted by Crippen LogP contribution is 2.56. The number of esters is 1. The lowest BCUT2D eigenvalue weighted by Gasteiger charge is -2.14. The van der Waals surface area contributed by atoms with Crippen molar-refractivity contribution in [1.29, 1.82) is 0 Å². The molecule has 0 radical (unpaired) electrons. The molecule has 72 valence electrons. The Hall–Kier alpha value is -0.830. The zero-order valence-electron chi connectivity index (χ0n) is 7.84. The van der Waals surface area contributed by atoms with Crippen LogP contribution in [0, 0.1) is 5.41 Å². The van der Waals surface area contributed by atoms with Crippen LogP contribution in [0.15, 0.2) is 12.2 Å². The third kappa shape index (κ3) is 1.61. The average Bonchev–Trinajstić information content (AvgIpc) is 3.00. The summed E-state index contributed by atoms with van der Waals surface area (Å²) < 4.78 is 9.82. The van der Waals surface area contributed by atoms with Crippen LogP contribution in [0.25, 0.3) is 0 Å². The van der Waals surface area contributed by atoms with E-state index in [1.807, 2.05) is 0 Å². The van der Waals surface area contributed by atoms with E-state index in [2.05, 4.69) is 11.3 Å². The Labute approximate surface area is 77.7 Å². The number of carbonyl (C=O) groups is 1. The van der Waals surface area contributed by atoms with Crippen LogP contribution < -0.4 is 0 Å². The third-order valence-electron chi connectivity index (χ3n) is 2.95. The van der Waals surface area contributed by atoms with Crippen LogP contribution in [0.3, 0.4) is 0 Å². The van der Waals surface area contributed by atoms with Gasteiger partial charge in [0, 0.05) is 11.0 Å². The molecule has 2 fully saturated rings. The van der Waals surface area contributed by atoms with Crippen molar-refractivity contribution in [2.75, 3.05) is 13.7 Å². The van der Waals surface area contributed by atoms with Gasteiger partial charge in [0.2, 0.25) is 0 Å². The maximum Gasteiger partial charge on any atom is 0.333 e. The van der Waals surface area contributed by atoms with E-state index in [0.29, 0.717) is 11.7 Å². The van der Waals surface area contributed by atoms with Gasteiger partial charge in [0.25, 0.3) is 0 Å². The van der Waals surface area contributed by atoms with Crippen LogP contribution in [-0.2, 0) is 14.3 Å². The first-order chi connectivity index (χ1) is 6.18. The Balaban J connectivity index is 1.97. The second-order valence-electron chi connectivity index (χ2n) is 3.91. The van der Waals surface area contributed by atoms with Gasteiger partial charge in [-0.25, -0.2) is 4.79 Å². The van der Waals surface area contributed by atoms with E-state index < -0.39 is 0 Å². The number of ether oxygens (including phenoxy) is 2. The summed E-state index contributed by atoms with van der Waals surface area (Å²) in [4.78, 5) is 11.2. The minimum absolute atomic E-state index is 0.0221. The van der Waals surface area contributed by atoms with Crippen LogP contribution in [0.4, 0.5) is 0 Å². The van der Waals surface area contributed by atoms with E-state index in [-0.39, 0.29) is 11.4 Å². The molecule has 1 aliphatic heterocycles. The number of epoxide rings is 1. The van der Waals surface area contributed by atoms with Crippen molar-refractivity contribution in [2.24, 2.45) is 5.41 Å². The lowest BCUT2D eigenvalue weighted by molar-refractivity contribution is -0.136. The molecule has 0 bridgehead atoms. The van der Waals surface area contributed by atoms with Gasteiger partial charge >= 0.3 is 5.97 Å². The molecule has 3 heteroatoms.